The quantitative estimate of drug-likeness (QED) is 0.160. The van der Waals surface area contributed by atoms with E-state index in [9.17, 15) is 4.57 Å². The fourth-order valence-corrected chi connectivity index (χ4v) is 8.56. The molecule has 0 radical (unpaired) electrons. The first kappa shape index (κ1) is 24.3. The minimum atomic E-state index is -3.03. The van der Waals surface area contributed by atoms with Gasteiger partial charge < -0.3 is 4.57 Å². The van der Waals surface area contributed by atoms with E-state index in [4.69, 9.17) is 0 Å². The summed E-state index contributed by atoms with van der Waals surface area (Å²) in [4.78, 5) is 0. The predicted octanol–water partition coefficient (Wildman–Crippen LogP) is 8.97. The third-order valence-corrected chi connectivity index (χ3v) is 10.8. The molecular formula is C38H27OP. The average Bonchev–Trinajstić information content (AvgIpc) is 3.04. The average molecular weight is 531 g/mol. The van der Waals surface area contributed by atoms with E-state index in [0.717, 1.165) is 21.5 Å². The summed E-state index contributed by atoms with van der Waals surface area (Å²) in [5.41, 5.74) is 4.78. The molecule has 0 aromatic heterocycles. The largest absolute Gasteiger partial charge is 0.309 e. The lowest BCUT2D eigenvalue weighted by Crippen LogP contribution is -2.24. The molecule has 0 fully saturated rings. The second kappa shape index (κ2) is 10.1. The number of hydrogen-bond acceptors (Lipinski definition) is 1. The highest BCUT2D eigenvalue weighted by molar-refractivity contribution is 7.85. The van der Waals surface area contributed by atoms with Gasteiger partial charge in [0.2, 0.25) is 0 Å². The van der Waals surface area contributed by atoms with Crippen LogP contribution in [-0.4, -0.2) is 0 Å². The van der Waals surface area contributed by atoms with Crippen LogP contribution in [0.25, 0.3) is 43.8 Å². The second-order valence-electron chi connectivity index (χ2n) is 10.0. The number of benzene rings is 7. The molecule has 0 aliphatic heterocycles. The zero-order valence-corrected chi connectivity index (χ0v) is 22.8. The summed E-state index contributed by atoms with van der Waals surface area (Å²) in [6.45, 7) is 0. The van der Waals surface area contributed by atoms with Crippen molar-refractivity contribution in [2.75, 3.05) is 0 Å². The van der Waals surface area contributed by atoms with Crippen molar-refractivity contribution < 1.29 is 4.57 Å². The van der Waals surface area contributed by atoms with Crippen LogP contribution in [-0.2, 0) is 4.57 Å². The zero-order chi connectivity index (χ0) is 26.9. The Bertz CT molecular complexity index is 1890. The molecular weight excluding hydrogens is 503 g/mol. The monoisotopic (exact) mass is 530 g/mol. The Kier molecular flexibility index (Phi) is 6.16. The van der Waals surface area contributed by atoms with Gasteiger partial charge in [-0.3, -0.25) is 0 Å². The van der Waals surface area contributed by atoms with Crippen LogP contribution in [0.4, 0.5) is 0 Å². The molecule has 7 aromatic rings. The Hall–Kier alpha value is -4.71. The molecule has 0 aliphatic rings. The van der Waals surface area contributed by atoms with Crippen molar-refractivity contribution in [3.05, 3.63) is 164 Å². The topological polar surface area (TPSA) is 17.1 Å². The summed E-state index contributed by atoms with van der Waals surface area (Å²) >= 11 is 0. The number of rotatable bonds is 5. The lowest BCUT2D eigenvalue weighted by molar-refractivity contribution is 0.592. The zero-order valence-electron chi connectivity index (χ0n) is 21.9. The molecule has 0 heterocycles. The first-order valence-electron chi connectivity index (χ1n) is 13.6. The molecule has 7 aromatic carbocycles. The van der Waals surface area contributed by atoms with Crippen LogP contribution >= 0.6 is 7.14 Å². The molecule has 7 rings (SSSR count). The van der Waals surface area contributed by atoms with E-state index in [0.29, 0.717) is 0 Å². The summed E-state index contributed by atoms with van der Waals surface area (Å²) in [5, 5.41) is 7.40. The van der Waals surface area contributed by atoms with Crippen LogP contribution in [0.5, 0.6) is 0 Å². The molecule has 0 aliphatic carbocycles. The highest BCUT2D eigenvalue weighted by Crippen LogP contribution is 2.45. The summed E-state index contributed by atoms with van der Waals surface area (Å²) in [6, 6.07) is 56.1. The SMILES string of the molecule is O=P(c1ccccc1)(c1ccccc1)c1ccc(-c2c3ccccc3c(-c3ccccc3)c3ccccc23)cc1. The summed E-state index contributed by atoms with van der Waals surface area (Å²) < 4.78 is 14.9. The van der Waals surface area contributed by atoms with Crippen molar-refractivity contribution in [2.45, 2.75) is 0 Å². The molecule has 190 valence electrons. The van der Waals surface area contributed by atoms with Gasteiger partial charge in [0.05, 0.1) is 0 Å². The molecule has 0 amide bonds. The van der Waals surface area contributed by atoms with Gasteiger partial charge >= 0.3 is 0 Å². The van der Waals surface area contributed by atoms with Crippen LogP contribution in [0.1, 0.15) is 0 Å². The number of hydrogen-bond donors (Lipinski definition) is 0. The Morgan fingerprint density at radius 1 is 0.300 bits per heavy atom. The first-order chi connectivity index (χ1) is 19.7. The Morgan fingerprint density at radius 2 is 0.600 bits per heavy atom. The first-order valence-corrected chi connectivity index (χ1v) is 15.3. The third kappa shape index (κ3) is 3.99. The normalized spacial score (nSPS) is 11.6. The van der Waals surface area contributed by atoms with E-state index in [2.05, 4.69) is 103 Å². The predicted molar refractivity (Wildman–Crippen MR) is 172 cm³/mol. The Balaban J connectivity index is 1.46. The van der Waals surface area contributed by atoms with Gasteiger partial charge in [0.15, 0.2) is 7.14 Å². The van der Waals surface area contributed by atoms with Crippen LogP contribution in [0.2, 0.25) is 0 Å². The standard InChI is InChI=1S/C38H27OP/c39-40(30-16-6-2-7-17-30,31-18-8-3-9-19-31)32-26-24-29(25-27-32)38-35-22-12-10-20-33(35)37(28-14-4-1-5-15-28)34-21-11-13-23-36(34)38/h1-27H. The summed E-state index contributed by atoms with van der Waals surface area (Å²) in [6.07, 6.45) is 0. The van der Waals surface area contributed by atoms with Gasteiger partial charge in [0.25, 0.3) is 0 Å². The molecule has 0 spiro atoms. The number of fused-ring (bicyclic) bond motifs is 2. The summed E-state index contributed by atoms with van der Waals surface area (Å²) in [5.74, 6) is 0. The van der Waals surface area contributed by atoms with Gasteiger partial charge in [-0.2, -0.15) is 0 Å². The van der Waals surface area contributed by atoms with Gasteiger partial charge in [0, 0.05) is 15.9 Å². The van der Waals surface area contributed by atoms with Gasteiger partial charge in [-0.15, -0.1) is 0 Å². The minimum Gasteiger partial charge on any atom is -0.309 e. The molecule has 0 unspecified atom stereocenters. The molecule has 0 bridgehead atoms. The molecule has 0 atom stereocenters. The van der Waals surface area contributed by atoms with Gasteiger partial charge in [-0.1, -0.05) is 164 Å². The molecule has 0 saturated heterocycles. The lowest BCUT2D eigenvalue weighted by Gasteiger charge is -2.21. The Morgan fingerprint density at radius 3 is 1.00 bits per heavy atom. The fraction of sp³-hybridized carbons (Fsp3) is 0. The van der Waals surface area contributed by atoms with Gasteiger partial charge in [-0.25, -0.2) is 0 Å². The third-order valence-electron chi connectivity index (χ3n) is 7.75. The van der Waals surface area contributed by atoms with Crippen molar-refractivity contribution in [1.29, 1.82) is 0 Å². The summed E-state index contributed by atoms with van der Waals surface area (Å²) in [7, 11) is -3.03. The van der Waals surface area contributed by atoms with Gasteiger partial charge in [-0.05, 0) is 43.8 Å². The van der Waals surface area contributed by atoms with E-state index in [1.165, 1.54) is 38.2 Å². The van der Waals surface area contributed by atoms with Crippen molar-refractivity contribution in [3.63, 3.8) is 0 Å². The highest BCUT2D eigenvalue weighted by atomic mass is 31.2. The van der Waals surface area contributed by atoms with Crippen molar-refractivity contribution in [2.24, 2.45) is 0 Å². The van der Waals surface area contributed by atoms with Gasteiger partial charge in [0.1, 0.15) is 0 Å². The van der Waals surface area contributed by atoms with Crippen LogP contribution < -0.4 is 15.9 Å². The fourth-order valence-electron chi connectivity index (χ4n) is 5.92. The van der Waals surface area contributed by atoms with E-state index < -0.39 is 7.14 Å². The minimum absolute atomic E-state index is 0.836. The smallest absolute Gasteiger partial charge is 0.171 e. The van der Waals surface area contributed by atoms with Crippen molar-refractivity contribution in [3.8, 4) is 22.3 Å². The van der Waals surface area contributed by atoms with Crippen LogP contribution in [0.3, 0.4) is 0 Å². The van der Waals surface area contributed by atoms with Crippen molar-refractivity contribution in [1.82, 2.24) is 0 Å². The van der Waals surface area contributed by atoms with E-state index in [1.807, 2.05) is 60.7 Å². The lowest BCUT2D eigenvalue weighted by atomic mass is 9.86. The van der Waals surface area contributed by atoms with E-state index in [1.54, 1.807) is 0 Å². The second-order valence-corrected chi connectivity index (χ2v) is 12.8. The van der Waals surface area contributed by atoms with Crippen LogP contribution in [0, 0.1) is 0 Å². The molecule has 0 N–H and O–H groups in total. The van der Waals surface area contributed by atoms with Crippen molar-refractivity contribution >= 4 is 44.6 Å². The van der Waals surface area contributed by atoms with E-state index in [-0.39, 0.29) is 0 Å². The maximum absolute atomic E-state index is 14.9. The van der Waals surface area contributed by atoms with E-state index >= 15 is 0 Å². The molecule has 40 heavy (non-hydrogen) atoms. The maximum atomic E-state index is 14.9. The molecule has 1 nitrogen and oxygen atoms in total. The molecule has 2 heteroatoms. The highest BCUT2D eigenvalue weighted by Gasteiger charge is 2.29. The maximum Gasteiger partial charge on any atom is 0.171 e. The van der Waals surface area contributed by atoms with Crippen LogP contribution in [0.15, 0.2) is 164 Å². The Labute approximate surface area is 234 Å². The molecule has 0 saturated carbocycles.